The Kier molecular flexibility index (Phi) is 5.35. The number of hydrogen-bond acceptors (Lipinski definition) is 3. The van der Waals surface area contributed by atoms with Gasteiger partial charge in [-0.3, -0.25) is 10.1 Å². The van der Waals surface area contributed by atoms with Gasteiger partial charge in [-0.25, -0.2) is 4.98 Å². The maximum absolute atomic E-state index is 12.5. The fourth-order valence-electron chi connectivity index (χ4n) is 2.78. The number of hydrogen-bond donors (Lipinski definition) is 1. The Morgan fingerprint density at radius 3 is 2.42 bits per heavy atom. The highest BCUT2D eigenvalue weighted by Crippen LogP contribution is 2.30. The summed E-state index contributed by atoms with van der Waals surface area (Å²) in [5.41, 5.74) is 4.83. The molecule has 0 spiro atoms. The number of halogens is 1. The molecule has 1 heterocycles. The van der Waals surface area contributed by atoms with E-state index in [1.165, 1.54) is 16.9 Å². The van der Waals surface area contributed by atoms with Gasteiger partial charge in [0.25, 0.3) is 5.91 Å². The van der Waals surface area contributed by atoms with E-state index in [2.05, 4.69) is 34.6 Å². The molecule has 0 fully saturated rings. The van der Waals surface area contributed by atoms with E-state index in [4.69, 9.17) is 0 Å². The molecule has 0 saturated heterocycles. The summed E-state index contributed by atoms with van der Waals surface area (Å²) in [5.74, 6) is -0.125. The largest absolute Gasteiger partial charge is 0.298 e. The van der Waals surface area contributed by atoms with E-state index < -0.39 is 0 Å². The van der Waals surface area contributed by atoms with E-state index in [0.29, 0.717) is 10.7 Å². The van der Waals surface area contributed by atoms with Gasteiger partial charge in [-0.05, 0) is 41.8 Å². The Bertz CT molecular complexity index is 1060. The zero-order valence-electron chi connectivity index (χ0n) is 14.1. The van der Waals surface area contributed by atoms with Crippen LogP contribution in [-0.4, -0.2) is 10.9 Å². The second-order valence-electron chi connectivity index (χ2n) is 5.84. The number of rotatable bonds is 3. The molecule has 4 aromatic rings. The van der Waals surface area contributed by atoms with Crippen molar-refractivity contribution in [3.63, 3.8) is 0 Å². The Hall–Kier alpha value is -2.69. The topological polar surface area (TPSA) is 42.0 Å². The van der Waals surface area contributed by atoms with E-state index in [0.717, 1.165) is 21.3 Å². The summed E-state index contributed by atoms with van der Waals surface area (Å²) in [5, 5.41) is 3.54. The van der Waals surface area contributed by atoms with Gasteiger partial charge in [-0.15, -0.1) is 12.4 Å². The summed E-state index contributed by atoms with van der Waals surface area (Å²) >= 11 is 1.49. The van der Waals surface area contributed by atoms with E-state index in [1.54, 1.807) is 0 Å². The SMILES string of the molecule is Cc1ccccc1C(=O)Nc1nc2ccc(-c3ccccc3)cc2s1.Cl. The lowest BCUT2D eigenvalue weighted by Gasteiger charge is -2.04. The minimum Gasteiger partial charge on any atom is -0.298 e. The van der Waals surface area contributed by atoms with Crippen molar-refractivity contribution in [1.29, 1.82) is 0 Å². The van der Waals surface area contributed by atoms with Crippen LogP contribution in [0.5, 0.6) is 0 Å². The number of thiazole rings is 1. The number of carbonyl (C=O) groups is 1. The predicted octanol–water partition coefficient (Wildman–Crippen LogP) is 5.95. The second kappa shape index (κ2) is 7.68. The van der Waals surface area contributed by atoms with Crippen molar-refractivity contribution in [3.05, 3.63) is 83.9 Å². The van der Waals surface area contributed by atoms with Crippen LogP contribution in [0.1, 0.15) is 15.9 Å². The molecule has 1 aromatic heterocycles. The van der Waals surface area contributed by atoms with Crippen LogP contribution in [0, 0.1) is 6.92 Å². The number of anilines is 1. The molecule has 4 rings (SSSR count). The molecule has 0 saturated carbocycles. The van der Waals surface area contributed by atoms with Crippen LogP contribution < -0.4 is 5.32 Å². The van der Waals surface area contributed by atoms with Gasteiger partial charge in [0.2, 0.25) is 0 Å². The Balaban J connectivity index is 0.00000196. The highest BCUT2D eigenvalue weighted by molar-refractivity contribution is 7.22. The fraction of sp³-hybridized carbons (Fsp3) is 0.0476. The first-order valence-corrected chi connectivity index (χ1v) is 8.85. The summed E-state index contributed by atoms with van der Waals surface area (Å²) in [6, 6.07) is 24.0. The number of nitrogens with one attached hydrogen (secondary N) is 1. The van der Waals surface area contributed by atoms with E-state index in [9.17, 15) is 4.79 Å². The van der Waals surface area contributed by atoms with Crippen molar-refractivity contribution < 1.29 is 4.79 Å². The van der Waals surface area contributed by atoms with Crippen molar-refractivity contribution in [1.82, 2.24) is 4.98 Å². The van der Waals surface area contributed by atoms with E-state index >= 15 is 0 Å². The first-order chi connectivity index (χ1) is 12.2. The molecule has 5 heteroatoms. The molecule has 130 valence electrons. The summed E-state index contributed by atoms with van der Waals surface area (Å²) in [6.07, 6.45) is 0. The highest BCUT2D eigenvalue weighted by Gasteiger charge is 2.12. The molecular weight excluding hydrogens is 364 g/mol. The Labute approximate surface area is 162 Å². The van der Waals surface area contributed by atoms with Crippen LogP contribution in [0.3, 0.4) is 0 Å². The molecular formula is C21H17ClN2OS. The number of aryl methyl sites for hydroxylation is 1. The third-order valence-electron chi connectivity index (χ3n) is 4.11. The Morgan fingerprint density at radius 2 is 1.65 bits per heavy atom. The normalized spacial score (nSPS) is 10.3. The quantitative estimate of drug-likeness (QED) is 0.477. The Morgan fingerprint density at radius 1 is 0.923 bits per heavy atom. The van der Waals surface area contributed by atoms with Gasteiger partial charge < -0.3 is 0 Å². The molecule has 0 atom stereocenters. The second-order valence-corrected chi connectivity index (χ2v) is 6.87. The predicted molar refractivity (Wildman–Crippen MR) is 111 cm³/mol. The number of fused-ring (bicyclic) bond motifs is 1. The maximum Gasteiger partial charge on any atom is 0.257 e. The molecule has 3 aromatic carbocycles. The lowest BCUT2D eigenvalue weighted by Crippen LogP contribution is -2.12. The average Bonchev–Trinajstić information content (AvgIpc) is 3.04. The third-order valence-corrected chi connectivity index (χ3v) is 5.04. The lowest BCUT2D eigenvalue weighted by molar-refractivity contribution is 0.102. The fourth-order valence-corrected chi connectivity index (χ4v) is 3.68. The van der Waals surface area contributed by atoms with Crippen molar-refractivity contribution >= 4 is 45.0 Å². The number of aromatic nitrogens is 1. The van der Waals surface area contributed by atoms with Gasteiger partial charge in [-0.1, -0.05) is 65.9 Å². The van der Waals surface area contributed by atoms with Crippen molar-refractivity contribution in [2.45, 2.75) is 6.92 Å². The average molecular weight is 381 g/mol. The molecule has 3 nitrogen and oxygen atoms in total. The third kappa shape index (κ3) is 3.62. The van der Waals surface area contributed by atoms with Crippen LogP contribution in [0.15, 0.2) is 72.8 Å². The molecule has 26 heavy (non-hydrogen) atoms. The van der Waals surface area contributed by atoms with Crippen LogP contribution in [-0.2, 0) is 0 Å². The molecule has 0 aliphatic heterocycles. The smallest absolute Gasteiger partial charge is 0.257 e. The van der Waals surface area contributed by atoms with Crippen molar-refractivity contribution in [2.24, 2.45) is 0 Å². The van der Waals surface area contributed by atoms with Crippen molar-refractivity contribution in [3.8, 4) is 11.1 Å². The minimum atomic E-state index is -0.125. The lowest BCUT2D eigenvalue weighted by atomic mass is 10.1. The van der Waals surface area contributed by atoms with E-state index in [-0.39, 0.29) is 18.3 Å². The van der Waals surface area contributed by atoms with Crippen LogP contribution in [0.25, 0.3) is 21.3 Å². The van der Waals surface area contributed by atoms with Gasteiger partial charge in [0.15, 0.2) is 5.13 Å². The number of carbonyl (C=O) groups excluding carboxylic acids is 1. The molecule has 0 unspecified atom stereocenters. The number of nitrogens with zero attached hydrogens (tertiary/aromatic N) is 1. The zero-order valence-corrected chi connectivity index (χ0v) is 15.7. The molecule has 1 N–H and O–H groups in total. The van der Waals surface area contributed by atoms with Crippen LogP contribution in [0.2, 0.25) is 0 Å². The van der Waals surface area contributed by atoms with Crippen LogP contribution >= 0.6 is 23.7 Å². The molecule has 0 aliphatic rings. The van der Waals surface area contributed by atoms with Gasteiger partial charge in [0.05, 0.1) is 10.2 Å². The summed E-state index contributed by atoms with van der Waals surface area (Å²) in [4.78, 5) is 17.0. The maximum atomic E-state index is 12.5. The molecule has 1 amide bonds. The highest BCUT2D eigenvalue weighted by atomic mass is 35.5. The molecule has 0 bridgehead atoms. The van der Waals surface area contributed by atoms with Crippen LogP contribution in [0.4, 0.5) is 5.13 Å². The van der Waals surface area contributed by atoms with Gasteiger partial charge in [0, 0.05) is 5.56 Å². The van der Waals surface area contributed by atoms with Gasteiger partial charge in [-0.2, -0.15) is 0 Å². The number of amides is 1. The number of benzene rings is 3. The summed E-state index contributed by atoms with van der Waals surface area (Å²) in [6.45, 7) is 1.93. The van der Waals surface area contributed by atoms with Crippen molar-refractivity contribution in [2.75, 3.05) is 5.32 Å². The standard InChI is InChI=1S/C21H16N2OS.ClH/c1-14-7-5-6-10-17(14)20(24)23-21-22-18-12-11-16(13-19(18)25-21)15-8-3-2-4-9-15;/h2-13H,1H3,(H,22,23,24);1H. The van der Waals surface area contributed by atoms with Gasteiger partial charge in [0.1, 0.15) is 0 Å². The first kappa shape index (κ1) is 18.1. The summed E-state index contributed by atoms with van der Waals surface area (Å²) < 4.78 is 1.06. The monoisotopic (exact) mass is 380 g/mol. The van der Waals surface area contributed by atoms with Gasteiger partial charge >= 0.3 is 0 Å². The molecule has 0 radical (unpaired) electrons. The molecule has 0 aliphatic carbocycles. The first-order valence-electron chi connectivity index (χ1n) is 8.04. The zero-order chi connectivity index (χ0) is 17.2. The van der Waals surface area contributed by atoms with E-state index in [1.807, 2.05) is 55.5 Å². The summed E-state index contributed by atoms with van der Waals surface area (Å²) in [7, 11) is 0. The minimum absolute atomic E-state index is 0.